The fraction of sp³-hybridized carbons (Fsp3) is 0.259. The SMILES string of the molecule is CCOc1ccc(N2C(=O)[C@H]3[C@@H](c4cc(Br)c(O)c(OCC)c4)N(c4cccc([N+](=O)[O-])c4)O[C@H]3C2=O)cc1. The molecule has 5 rings (SSSR count). The first kappa shape index (κ1) is 26.4. The van der Waals surface area contributed by atoms with Crippen LogP contribution in [-0.4, -0.2) is 41.2 Å². The lowest BCUT2D eigenvalue weighted by molar-refractivity contribution is -0.384. The highest BCUT2D eigenvalue weighted by atomic mass is 79.9. The van der Waals surface area contributed by atoms with Gasteiger partial charge >= 0.3 is 0 Å². The van der Waals surface area contributed by atoms with E-state index in [0.29, 0.717) is 33.8 Å². The molecule has 11 nitrogen and oxygen atoms in total. The van der Waals surface area contributed by atoms with Crippen molar-refractivity contribution in [3.8, 4) is 17.2 Å². The van der Waals surface area contributed by atoms with Crippen molar-refractivity contribution in [1.29, 1.82) is 0 Å². The number of aromatic hydroxyl groups is 1. The number of rotatable bonds is 8. The van der Waals surface area contributed by atoms with Gasteiger partial charge in [-0.15, -0.1) is 0 Å². The van der Waals surface area contributed by atoms with E-state index in [2.05, 4.69) is 15.9 Å². The molecule has 0 bridgehead atoms. The summed E-state index contributed by atoms with van der Waals surface area (Å²) in [6, 6.07) is 14.6. The molecule has 0 saturated carbocycles. The Morgan fingerprint density at radius 2 is 1.72 bits per heavy atom. The lowest BCUT2D eigenvalue weighted by Gasteiger charge is -2.29. The third kappa shape index (κ3) is 4.66. The molecule has 2 saturated heterocycles. The average molecular weight is 598 g/mol. The smallest absolute Gasteiger partial charge is 0.271 e. The summed E-state index contributed by atoms with van der Waals surface area (Å²) < 4.78 is 11.4. The van der Waals surface area contributed by atoms with Gasteiger partial charge in [0.15, 0.2) is 17.6 Å². The molecule has 0 aromatic heterocycles. The molecule has 3 aromatic rings. The van der Waals surface area contributed by atoms with Gasteiger partial charge in [-0.3, -0.25) is 24.5 Å². The zero-order chi connectivity index (χ0) is 27.8. The van der Waals surface area contributed by atoms with Gasteiger partial charge in [0.1, 0.15) is 11.7 Å². The molecule has 0 radical (unpaired) electrons. The van der Waals surface area contributed by atoms with Crippen molar-refractivity contribution in [3.05, 3.63) is 80.8 Å². The summed E-state index contributed by atoms with van der Waals surface area (Å²) >= 11 is 3.34. The number of nitro groups is 1. The number of non-ortho nitro benzene ring substituents is 1. The number of carbonyl (C=O) groups is 2. The van der Waals surface area contributed by atoms with Crippen molar-refractivity contribution in [2.75, 3.05) is 23.2 Å². The van der Waals surface area contributed by atoms with Crippen LogP contribution in [0.15, 0.2) is 65.1 Å². The van der Waals surface area contributed by atoms with Gasteiger partial charge in [-0.1, -0.05) is 6.07 Å². The lowest BCUT2D eigenvalue weighted by atomic mass is 9.90. The molecule has 2 fully saturated rings. The van der Waals surface area contributed by atoms with E-state index in [1.165, 1.54) is 23.3 Å². The van der Waals surface area contributed by atoms with Crippen molar-refractivity contribution in [2.24, 2.45) is 5.92 Å². The number of benzene rings is 3. The number of nitro benzene ring substituents is 1. The molecule has 12 heteroatoms. The Morgan fingerprint density at radius 3 is 2.38 bits per heavy atom. The number of carbonyl (C=O) groups excluding carboxylic acids is 2. The molecule has 0 aliphatic carbocycles. The summed E-state index contributed by atoms with van der Waals surface area (Å²) in [6.45, 7) is 4.36. The Morgan fingerprint density at radius 1 is 1.00 bits per heavy atom. The van der Waals surface area contributed by atoms with E-state index in [9.17, 15) is 24.8 Å². The second-order valence-electron chi connectivity index (χ2n) is 8.82. The normalized spacial score (nSPS) is 20.3. The van der Waals surface area contributed by atoms with E-state index in [1.54, 1.807) is 49.4 Å². The van der Waals surface area contributed by atoms with Crippen LogP contribution in [0.1, 0.15) is 25.5 Å². The number of fused-ring (bicyclic) bond motifs is 1. The first-order valence-corrected chi connectivity index (χ1v) is 13.0. The van der Waals surface area contributed by atoms with E-state index in [0.717, 1.165) is 4.90 Å². The number of hydroxylamine groups is 1. The van der Waals surface area contributed by atoms with Gasteiger partial charge in [-0.2, -0.15) is 0 Å². The molecular weight excluding hydrogens is 574 g/mol. The average Bonchev–Trinajstić information content (AvgIpc) is 3.43. The van der Waals surface area contributed by atoms with E-state index >= 15 is 0 Å². The van der Waals surface area contributed by atoms with Crippen molar-refractivity contribution in [3.63, 3.8) is 0 Å². The quantitative estimate of drug-likeness (QED) is 0.218. The number of hydrogen-bond donors (Lipinski definition) is 1. The van der Waals surface area contributed by atoms with Gasteiger partial charge in [-0.05, 0) is 77.8 Å². The fourth-order valence-electron chi connectivity index (χ4n) is 4.86. The van der Waals surface area contributed by atoms with Gasteiger partial charge in [0.25, 0.3) is 11.6 Å². The van der Waals surface area contributed by atoms with Crippen LogP contribution in [0, 0.1) is 16.0 Å². The van der Waals surface area contributed by atoms with E-state index in [-0.39, 0.29) is 23.8 Å². The van der Waals surface area contributed by atoms with Crippen LogP contribution in [-0.2, 0) is 14.4 Å². The van der Waals surface area contributed by atoms with Gasteiger partial charge in [-0.25, -0.2) is 9.96 Å². The zero-order valence-electron chi connectivity index (χ0n) is 20.9. The maximum atomic E-state index is 13.9. The van der Waals surface area contributed by atoms with Crippen LogP contribution in [0.3, 0.4) is 0 Å². The molecule has 202 valence electrons. The summed E-state index contributed by atoms with van der Waals surface area (Å²) in [5.41, 5.74) is 0.979. The number of imide groups is 1. The Bertz CT molecular complexity index is 1450. The minimum Gasteiger partial charge on any atom is -0.503 e. The van der Waals surface area contributed by atoms with Gasteiger partial charge in [0, 0.05) is 12.1 Å². The second-order valence-corrected chi connectivity index (χ2v) is 9.68. The van der Waals surface area contributed by atoms with Crippen molar-refractivity contribution >= 4 is 44.8 Å². The molecule has 2 amide bonds. The number of ether oxygens (including phenoxy) is 2. The second kappa shape index (κ2) is 10.5. The minimum atomic E-state index is -1.18. The number of hydrogen-bond acceptors (Lipinski definition) is 9. The fourth-order valence-corrected chi connectivity index (χ4v) is 5.32. The molecule has 3 aromatic carbocycles. The van der Waals surface area contributed by atoms with Crippen LogP contribution in [0.5, 0.6) is 17.2 Å². The molecule has 1 N–H and O–H groups in total. The van der Waals surface area contributed by atoms with Crippen LogP contribution in [0.2, 0.25) is 0 Å². The molecule has 2 aliphatic heterocycles. The first-order chi connectivity index (χ1) is 18.7. The van der Waals surface area contributed by atoms with Crippen molar-refractivity contribution in [2.45, 2.75) is 26.0 Å². The topological polar surface area (TPSA) is 132 Å². The van der Waals surface area contributed by atoms with E-state index < -0.39 is 34.8 Å². The van der Waals surface area contributed by atoms with Gasteiger partial charge in [0.05, 0.1) is 40.0 Å². The molecule has 2 aliphatic rings. The largest absolute Gasteiger partial charge is 0.503 e. The summed E-state index contributed by atoms with van der Waals surface area (Å²) in [7, 11) is 0. The Balaban J connectivity index is 1.60. The number of halogens is 1. The Kier molecular flexibility index (Phi) is 7.15. The Labute approximate surface area is 231 Å². The number of nitrogens with zero attached hydrogens (tertiary/aromatic N) is 3. The maximum absolute atomic E-state index is 13.9. The number of amides is 2. The third-order valence-electron chi connectivity index (χ3n) is 6.51. The highest BCUT2D eigenvalue weighted by Crippen LogP contribution is 2.50. The number of anilines is 2. The molecule has 0 unspecified atom stereocenters. The zero-order valence-corrected chi connectivity index (χ0v) is 22.5. The van der Waals surface area contributed by atoms with E-state index in [1.807, 2.05) is 6.92 Å². The van der Waals surface area contributed by atoms with Crippen molar-refractivity contribution < 1.29 is 33.9 Å². The van der Waals surface area contributed by atoms with Crippen LogP contribution < -0.4 is 19.4 Å². The van der Waals surface area contributed by atoms with Gasteiger partial charge in [0.2, 0.25) is 5.91 Å². The monoisotopic (exact) mass is 597 g/mol. The van der Waals surface area contributed by atoms with Crippen LogP contribution in [0.4, 0.5) is 17.1 Å². The van der Waals surface area contributed by atoms with Crippen molar-refractivity contribution in [1.82, 2.24) is 0 Å². The number of phenols is 1. The standard InChI is InChI=1S/C27H24BrN3O8/c1-3-37-19-10-8-16(9-11-19)29-26(33)22-23(15-12-20(28)24(32)21(13-15)38-4-2)30(39-25(22)27(29)34)17-6-5-7-18(14-17)31(35)36/h5-14,22-23,25,32H,3-4H2,1-2H3/t22-,23+,25+/m0/s1. The Hall–Kier alpha value is -4.16. The molecule has 2 heterocycles. The van der Waals surface area contributed by atoms with Crippen LogP contribution >= 0.6 is 15.9 Å². The summed E-state index contributed by atoms with van der Waals surface area (Å²) in [5, 5.41) is 23.3. The molecule has 39 heavy (non-hydrogen) atoms. The molecular formula is C27H24BrN3O8. The predicted octanol–water partition coefficient (Wildman–Crippen LogP) is 4.91. The first-order valence-electron chi connectivity index (χ1n) is 12.2. The number of phenolic OH excluding ortho intramolecular Hbond substituents is 1. The summed E-state index contributed by atoms with van der Waals surface area (Å²) in [6.07, 6.45) is -1.18. The minimum absolute atomic E-state index is 0.122. The molecule has 0 spiro atoms. The summed E-state index contributed by atoms with van der Waals surface area (Å²) in [4.78, 5) is 45.5. The molecule has 3 atom stereocenters. The highest BCUT2D eigenvalue weighted by molar-refractivity contribution is 9.10. The van der Waals surface area contributed by atoms with Crippen LogP contribution in [0.25, 0.3) is 0 Å². The lowest BCUT2D eigenvalue weighted by Crippen LogP contribution is -2.37. The predicted molar refractivity (Wildman–Crippen MR) is 144 cm³/mol. The maximum Gasteiger partial charge on any atom is 0.271 e. The van der Waals surface area contributed by atoms with Gasteiger partial charge < -0.3 is 14.6 Å². The van der Waals surface area contributed by atoms with E-state index in [4.69, 9.17) is 14.3 Å². The highest BCUT2D eigenvalue weighted by Gasteiger charge is 2.60. The third-order valence-corrected chi connectivity index (χ3v) is 7.11. The summed E-state index contributed by atoms with van der Waals surface area (Å²) in [5.74, 6) is -1.39.